The average Bonchev–Trinajstić information content (AvgIpc) is 2.83. The van der Waals surface area contributed by atoms with Crippen LogP contribution in [-0.4, -0.2) is 10.9 Å². The van der Waals surface area contributed by atoms with Gasteiger partial charge in [0.25, 0.3) is 0 Å². The van der Waals surface area contributed by atoms with Gasteiger partial charge in [0.1, 0.15) is 5.01 Å². The number of hydrogen-bond acceptors (Lipinski definition) is 4. The van der Waals surface area contributed by atoms with Gasteiger partial charge in [-0.15, -0.1) is 11.3 Å². The molecule has 0 aliphatic heterocycles. The summed E-state index contributed by atoms with van der Waals surface area (Å²) in [6.45, 7) is 2.89. The molecule has 0 aliphatic carbocycles. The lowest BCUT2D eigenvalue weighted by molar-refractivity contribution is -0.120. The summed E-state index contributed by atoms with van der Waals surface area (Å²) in [5.74, 6) is -0.00578. The second-order valence-corrected chi connectivity index (χ2v) is 5.25. The fraction of sp³-hybridized carbons (Fsp3) is 0.286. The third-order valence-corrected chi connectivity index (χ3v) is 3.76. The lowest BCUT2D eigenvalue weighted by atomic mass is 10.0. The molecule has 0 saturated carbocycles. The molecule has 0 aliphatic rings. The maximum absolute atomic E-state index is 11.9. The first-order chi connectivity index (χ1) is 9.19. The number of nitrogens with two attached hydrogens (primary N) is 1. The number of aromatic nitrogens is 1. The lowest BCUT2D eigenvalue weighted by Gasteiger charge is -2.07. The Labute approximate surface area is 116 Å². The molecule has 1 aromatic heterocycles. The third kappa shape index (κ3) is 3.87. The second kappa shape index (κ2) is 6.45. The molecule has 0 spiro atoms. The van der Waals surface area contributed by atoms with Crippen molar-refractivity contribution in [1.29, 1.82) is 0 Å². The number of nitrogens with zero attached hydrogens (tertiary/aromatic N) is 1. The molecule has 1 heterocycles. The van der Waals surface area contributed by atoms with Crippen molar-refractivity contribution in [2.45, 2.75) is 26.4 Å². The van der Waals surface area contributed by atoms with Crippen molar-refractivity contribution in [1.82, 2.24) is 10.3 Å². The van der Waals surface area contributed by atoms with E-state index in [1.807, 2.05) is 36.6 Å². The van der Waals surface area contributed by atoms with Crippen LogP contribution in [-0.2, 0) is 24.3 Å². The zero-order valence-electron chi connectivity index (χ0n) is 10.8. The summed E-state index contributed by atoms with van der Waals surface area (Å²) in [6, 6.07) is 7.75. The highest BCUT2D eigenvalue weighted by Gasteiger charge is 2.07. The highest BCUT2D eigenvalue weighted by Crippen LogP contribution is 2.10. The first kappa shape index (κ1) is 13.7. The van der Waals surface area contributed by atoms with E-state index in [1.165, 1.54) is 0 Å². The Bertz CT molecular complexity index is 565. The molecule has 0 radical (unpaired) electrons. The van der Waals surface area contributed by atoms with Gasteiger partial charge in [-0.1, -0.05) is 24.3 Å². The average molecular weight is 275 g/mol. The summed E-state index contributed by atoms with van der Waals surface area (Å²) >= 11 is 1.56. The van der Waals surface area contributed by atoms with Crippen LogP contribution >= 0.6 is 11.3 Å². The number of hydrogen-bond donors (Lipinski definition) is 2. The molecule has 4 nitrogen and oxygen atoms in total. The third-order valence-electron chi connectivity index (χ3n) is 2.79. The van der Waals surface area contributed by atoms with Crippen LogP contribution in [0.4, 0.5) is 0 Å². The van der Waals surface area contributed by atoms with Gasteiger partial charge in [-0.3, -0.25) is 4.79 Å². The van der Waals surface area contributed by atoms with E-state index in [0.29, 0.717) is 19.5 Å². The summed E-state index contributed by atoms with van der Waals surface area (Å²) in [6.07, 6.45) is 0.359. The lowest BCUT2D eigenvalue weighted by Crippen LogP contribution is -2.25. The number of amides is 1. The van der Waals surface area contributed by atoms with Gasteiger partial charge in [0.15, 0.2) is 0 Å². The van der Waals surface area contributed by atoms with Gasteiger partial charge in [-0.25, -0.2) is 4.98 Å². The molecular formula is C14H17N3OS. The second-order valence-electron chi connectivity index (χ2n) is 4.31. The van der Waals surface area contributed by atoms with Crippen molar-refractivity contribution in [2.75, 3.05) is 0 Å². The van der Waals surface area contributed by atoms with Crippen molar-refractivity contribution in [3.63, 3.8) is 0 Å². The van der Waals surface area contributed by atoms with E-state index in [-0.39, 0.29) is 5.91 Å². The van der Waals surface area contributed by atoms with Crippen LogP contribution in [0, 0.1) is 6.92 Å². The SMILES string of the molecule is Cc1csc(CNC(=O)Cc2ccccc2CN)n1. The molecule has 19 heavy (non-hydrogen) atoms. The molecule has 0 saturated heterocycles. The molecule has 0 fully saturated rings. The van der Waals surface area contributed by atoms with Crippen LogP contribution in [0.2, 0.25) is 0 Å². The predicted octanol–water partition coefficient (Wildman–Crippen LogP) is 1.77. The smallest absolute Gasteiger partial charge is 0.224 e. The summed E-state index contributed by atoms with van der Waals surface area (Å²) in [5.41, 5.74) is 8.64. The summed E-state index contributed by atoms with van der Waals surface area (Å²) < 4.78 is 0. The Morgan fingerprint density at radius 3 is 2.74 bits per heavy atom. The predicted molar refractivity (Wildman–Crippen MR) is 76.7 cm³/mol. The molecule has 100 valence electrons. The molecule has 0 atom stereocenters. The topological polar surface area (TPSA) is 68.0 Å². The van der Waals surface area contributed by atoms with Crippen LogP contribution in [0.25, 0.3) is 0 Å². The van der Waals surface area contributed by atoms with Crippen molar-refractivity contribution in [3.05, 3.63) is 51.5 Å². The number of carbonyl (C=O) groups is 1. The Balaban J connectivity index is 1.90. The van der Waals surface area contributed by atoms with Crippen LogP contribution in [0.3, 0.4) is 0 Å². The molecule has 2 aromatic rings. The summed E-state index contributed by atoms with van der Waals surface area (Å²) in [4.78, 5) is 16.2. The molecule has 1 aromatic carbocycles. The number of benzene rings is 1. The van der Waals surface area contributed by atoms with Gasteiger partial charge < -0.3 is 11.1 Å². The maximum Gasteiger partial charge on any atom is 0.224 e. The highest BCUT2D eigenvalue weighted by atomic mass is 32.1. The van der Waals surface area contributed by atoms with Gasteiger partial charge >= 0.3 is 0 Å². The minimum atomic E-state index is -0.00578. The Morgan fingerprint density at radius 1 is 1.37 bits per heavy atom. The quantitative estimate of drug-likeness (QED) is 0.874. The Morgan fingerprint density at radius 2 is 2.11 bits per heavy atom. The van der Waals surface area contributed by atoms with E-state index in [4.69, 9.17) is 5.73 Å². The van der Waals surface area contributed by atoms with Crippen molar-refractivity contribution >= 4 is 17.2 Å². The van der Waals surface area contributed by atoms with E-state index in [1.54, 1.807) is 11.3 Å². The minimum Gasteiger partial charge on any atom is -0.349 e. The van der Waals surface area contributed by atoms with Crippen LogP contribution < -0.4 is 11.1 Å². The molecule has 1 amide bonds. The number of aryl methyl sites for hydroxylation is 1. The van der Waals surface area contributed by atoms with Gasteiger partial charge in [-0.2, -0.15) is 0 Å². The molecular weight excluding hydrogens is 258 g/mol. The number of nitrogens with one attached hydrogen (secondary N) is 1. The molecule has 5 heteroatoms. The summed E-state index contributed by atoms with van der Waals surface area (Å²) in [7, 11) is 0. The van der Waals surface area contributed by atoms with Gasteiger partial charge in [0.2, 0.25) is 5.91 Å². The number of thiazole rings is 1. The van der Waals surface area contributed by atoms with Gasteiger partial charge in [0.05, 0.1) is 13.0 Å². The first-order valence-corrected chi connectivity index (χ1v) is 7.01. The standard InChI is InChI=1S/C14H17N3OS/c1-10-9-19-14(17-10)8-16-13(18)6-11-4-2-3-5-12(11)7-15/h2-5,9H,6-8,15H2,1H3,(H,16,18). The summed E-state index contributed by atoms with van der Waals surface area (Å²) in [5, 5.41) is 5.79. The zero-order chi connectivity index (χ0) is 13.7. The number of carbonyl (C=O) groups excluding carboxylic acids is 1. The van der Waals surface area contributed by atoms with Gasteiger partial charge in [-0.05, 0) is 18.1 Å². The Kier molecular flexibility index (Phi) is 4.65. The highest BCUT2D eigenvalue weighted by molar-refractivity contribution is 7.09. The molecule has 3 N–H and O–H groups in total. The van der Waals surface area contributed by atoms with E-state index in [2.05, 4.69) is 10.3 Å². The van der Waals surface area contributed by atoms with Crippen molar-refractivity contribution < 1.29 is 4.79 Å². The van der Waals surface area contributed by atoms with E-state index in [0.717, 1.165) is 21.8 Å². The maximum atomic E-state index is 11.9. The fourth-order valence-corrected chi connectivity index (χ4v) is 2.53. The monoisotopic (exact) mass is 275 g/mol. The zero-order valence-corrected chi connectivity index (χ0v) is 11.7. The molecule has 0 unspecified atom stereocenters. The van der Waals surface area contributed by atoms with Crippen molar-refractivity contribution in [3.8, 4) is 0 Å². The Hall–Kier alpha value is -1.72. The molecule has 2 rings (SSSR count). The van der Waals surface area contributed by atoms with Crippen LogP contribution in [0.5, 0.6) is 0 Å². The van der Waals surface area contributed by atoms with Crippen LogP contribution in [0.15, 0.2) is 29.6 Å². The molecule has 0 bridgehead atoms. The minimum absolute atomic E-state index is 0.00578. The number of rotatable bonds is 5. The van der Waals surface area contributed by atoms with E-state index < -0.39 is 0 Å². The first-order valence-electron chi connectivity index (χ1n) is 6.13. The van der Waals surface area contributed by atoms with Gasteiger partial charge in [0, 0.05) is 17.6 Å². The van der Waals surface area contributed by atoms with Crippen LogP contribution in [0.1, 0.15) is 21.8 Å². The van der Waals surface area contributed by atoms with E-state index >= 15 is 0 Å². The van der Waals surface area contributed by atoms with Crippen molar-refractivity contribution in [2.24, 2.45) is 5.73 Å². The fourth-order valence-electron chi connectivity index (χ4n) is 1.82. The normalized spacial score (nSPS) is 10.4. The largest absolute Gasteiger partial charge is 0.349 e. The van der Waals surface area contributed by atoms with E-state index in [9.17, 15) is 4.79 Å².